The van der Waals surface area contributed by atoms with Gasteiger partial charge in [-0.05, 0) is 36.8 Å². The molecule has 0 bridgehead atoms. The van der Waals surface area contributed by atoms with Crippen molar-refractivity contribution in [2.45, 2.75) is 31.1 Å². The minimum Gasteiger partial charge on any atom is -0.211 e. The van der Waals surface area contributed by atoms with Crippen molar-refractivity contribution in [1.29, 1.82) is 5.26 Å². The van der Waals surface area contributed by atoms with Crippen molar-refractivity contribution < 1.29 is 8.42 Å². The van der Waals surface area contributed by atoms with Gasteiger partial charge >= 0.3 is 0 Å². The maximum absolute atomic E-state index is 12.2. The van der Waals surface area contributed by atoms with Crippen LogP contribution in [0.1, 0.15) is 31.7 Å². The van der Waals surface area contributed by atoms with Crippen LogP contribution < -0.4 is 4.72 Å². The van der Waals surface area contributed by atoms with Crippen LogP contribution in [0.2, 0.25) is 0 Å². The standard InChI is InChI=1S/C14H18N2O2S/c1-11-6-7-12(8-11)10-16-19(17,18)14-5-3-2-4-13(14)9-15/h2-5,11-12,16H,6-8,10H2,1H3. The highest BCUT2D eigenvalue weighted by molar-refractivity contribution is 7.89. The Kier molecular flexibility index (Phi) is 4.23. The Labute approximate surface area is 114 Å². The van der Waals surface area contributed by atoms with Gasteiger partial charge < -0.3 is 0 Å². The molecule has 1 N–H and O–H groups in total. The van der Waals surface area contributed by atoms with Crippen molar-refractivity contribution in [3.63, 3.8) is 0 Å². The molecule has 2 rings (SSSR count). The average Bonchev–Trinajstić information content (AvgIpc) is 2.82. The summed E-state index contributed by atoms with van der Waals surface area (Å²) in [6.45, 7) is 2.66. The maximum Gasteiger partial charge on any atom is 0.241 e. The Morgan fingerprint density at radius 2 is 2.11 bits per heavy atom. The Hall–Kier alpha value is -1.38. The number of rotatable bonds is 4. The minimum atomic E-state index is -3.58. The van der Waals surface area contributed by atoms with E-state index in [9.17, 15) is 8.42 Å². The van der Waals surface area contributed by atoms with Gasteiger partial charge in [0.15, 0.2) is 0 Å². The van der Waals surface area contributed by atoms with Crippen LogP contribution in [0.4, 0.5) is 0 Å². The van der Waals surface area contributed by atoms with Gasteiger partial charge in [-0.2, -0.15) is 5.26 Å². The van der Waals surface area contributed by atoms with Gasteiger partial charge in [0.1, 0.15) is 6.07 Å². The van der Waals surface area contributed by atoms with E-state index in [0.29, 0.717) is 18.4 Å². The van der Waals surface area contributed by atoms with Crippen molar-refractivity contribution in [2.75, 3.05) is 6.54 Å². The fraction of sp³-hybridized carbons (Fsp3) is 0.500. The molecule has 2 unspecified atom stereocenters. The molecule has 1 fully saturated rings. The number of hydrogen-bond donors (Lipinski definition) is 1. The fourth-order valence-electron chi connectivity index (χ4n) is 2.61. The zero-order chi connectivity index (χ0) is 13.9. The second-order valence-electron chi connectivity index (χ2n) is 5.24. The highest BCUT2D eigenvalue weighted by Gasteiger charge is 2.24. The number of nitriles is 1. The Balaban J connectivity index is 2.08. The first kappa shape index (κ1) is 14.0. The van der Waals surface area contributed by atoms with Gasteiger partial charge in [-0.1, -0.05) is 25.5 Å². The van der Waals surface area contributed by atoms with Gasteiger partial charge in [-0.25, -0.2) is 13.1 Å². The number of nitrogens with one attached hydrogen (secondary N) is 1. The third kappa shape index (κ3) is 3.34. The van der Waals surface area contributed by atoms with Crippen molar-refractivity contribution in [3.8, 4) is 6.07 Å². The third-order valence-corrected chi connectivity index (χ3v) is 5.14. The predicted octanol–water partition coefficient (Wildman–Crippen LogP) is 2.27. The zero-order valence-electron chi connectivity index (χ0n) is 11.0. The molecular weight excluding hydrogens is 260 g/mol. The molecule has 4 nitrogen and oxygen atoms in total. The van der Waals surface area contributed by atoms with Crippen LogP contribution in [0.5, 0.6) is 0 Å². The summed E-state index contributed by atoms with van der Waals surface area (Å²) in [6, 6.07) is 8.20. The molecule has 0 saturated heterocycles. The van der Waals surface area contributed by atoms with E-state index in [0.717, 1.165) is 12.8 Å². The van der Waals surface area contributed by atoms with Gasteiger partial charge in [-0.15, -0.1) is 0 Å². The van der Waals surface area contributed by atoms with Gasteiger partial charge in [-0.3, -0.25) is 0 Å². The van der Waals surface area contributed by atoms with Crippen molar-refractivity contribution in [1.82, 2.24) is 4.72 Å². The molecule has 0 aliphatic heterocycles. The first-order valence-electron chi connectivity index (χ1n) is 6.51. The summed E-state index contributed by atoms with van der Waals surface area (Å²) in [5.74, 6) is 1.10. The molecule has 0 spiro atoms. The van der Waals surface area contributed by atoms with E-state index in [2.05, 4.69) is 11.6 Å². The monoisotopic (exact) mass is 278 g/mol. The number of hydrogen-bond acceptors (Lipinski definition) is 3. The molecule has 0 heterocycles. The van der Waals surface area contributed by atoms with E-state index in [4.69, 9.17) is 5.26 Å². The van der Waals surface area contributed by atoms with Crippen molar-refractivity contribution >= 4 is 10.0 Å². The summed E-state index contributed by atoms with van der Waals surface area (Å²) in [6.07, 6.45) is 3.31. The van der Waals surface area contributed by atoms with Crippen molar-refractivity contribution in [3.05, 3.63) is 29.8 Å². The lowest BCUT2D eigenvalue weighted by atomic mass is 10.1. The molecule has 1 aromatic rings. The SMILES string of the molecule is CC1CCC(CNS(=O)(=O)c2ccccc2C#N)C1. The van der Waals surface area contributed by atoms with Crippen LogP contribution in [0.3, 0.4) is 0 Å². The largest absolute Gasteiger partial charge is 0.241 e. The predicted molar refractivity (Wildman–Crippen MR) is 72.9 cm³/mol. The van der Waals surface area contributed by atoms with E-state index in [1.165, 1.54) is 18.6 Å². The van der Waals surface area contributed by atoms with Gasteiger partial charge in [0.25, 0.3) is 0 Å². The third-order valence-electron chi connectivity index (χ3n) is 3.66. The normalized spacial score (nSPS) is 23.2. The number of benzene rings is 1. The molecule has 102 valence electrons. The quantitative estimate of drug-likeness (QED) is 0.918. The topological polar surface area (TPSA) is 70.0 Å². The van der Waals surface area contributed by atoms with Crippen LogP contribution in [-0.4, -0.2) is 15.0 Å². The van der Waals surface area contributed by atoms with Gasteiger partial charge in [0.05, 0.1) is 10.5 Å². The smallest absolute Gasteiger partial charge is 0.211 e. The lowest BCUT2D eigenvalue weighted by molar-refractivity contribution is 0.498. The van der Waals surface area contributed by atoms with E-state index in [1.807, 2.05) is 6.07 Å². The molecule has 1 saturated carbocycles. The second kappa shape index (κ2) is 5.72. The van der Waals surface area contributed by atoms with Crippen LogP contribution in [0.15, 0.2) is 29.2 Å². The Morgan fingerprint density at radius 1 is 1.37 bits per heavy atom. The van der Waals surface area contributed by atoms with E-state index in [-0.39, 0.29) is 10.5 Å². The van der Waals surface area contributed by atoms with Crippen molar-refractivity contribution in [2.24, 2.45) is 11.8 Å². The molecule has 1 aliphatic carbocycles. The van der Waals surface area contributed by atoms with Crippen LogP contribution in [0, 0.1) is 23.2 Å². The molecule has 0 amide bonds. The summed E-state index contributed by atoms with van der Waals surface area (Å²) in [7, 11) is -3.58. The van der Waals surface area contributed by atoms with E-state index < -0.39 is 10.0 Å². The summed E-state index contributed by atoms with van der Waals surface area (Å²) in [5, 5.41) is 8.95. The molecule has 19 heavy (non-hydrogen) atoms. The molecule has 1 aromatic carbocycles. The second-order valence-corrected chi connectivity index (χ2v) is 6.98. The first-order chi connectivity index (χ1) is 9.03. The van der Waals surface area contributed by atoms with Crippen LogP contribution >= 0.6 is 0 Å². The Morgan fingerprint density at radius 3 is 2.74 bits per heavy atom. The van der Waals surface area contributed by atoms with Gasteiger partial charge in [0, 0.05) is 6.54 Å². The summed E-state index contributed by atoms with van der Waals surface area (Å²) in [5.41, 5.74) is 0.190. The van der Waals surface area contributed by atoms with Crippen LogP contribution in [-0.2, 0) is 10.0 Å². The number of sulfonamides is 1. The lowest BCUT2D eigenvalue weighted by Crippen LogP contribution is -2.29. The average molecular weight is 278 g/mol. The Bertz CT molecular complexity index is 590. The molecular formula is C14H18N2O2S. The first-order valence-corrected chi connectivity index (χ1v) is 8.00. The summed E-state index contributed by atoms with van der Waals surface area (Å²) in [4.78, 5) is 0.0727. The zero-order valence-corrected chi connectivity index (χ0v) is 11.8. The van der Waals surface area contributed by atoms with E-state index >= 15 is 0 Å². The minimum absolute atomic E-state index is 0.0727. The highest BCUT2D eigenvalue weighted by atomic mass is 32.2. The summed E-state index contributed by atoms with van der Waals surface area (Å²) >= 11 is 0. The highest BCUT2D eigenvalue weighted by Crippen LogP contribution is 2.30. The molecule has 1 aliphatic rings. The summed E-state index contributed by atoms with van der Waals surface area (Å²) < 4.78 is 27.0. The fourth-order valence-corrected chi connectivity index (χ4v) is 3.88. The molecule has 2 atom stereocenters. The maximum atomic E-state index is 12.2. The van der Waals surface area contributed by atoms with E-state index in [1.54, 1.807) is 12.1 Å². The van der Waals surface area contributed by atoms with Gasteiger partial charge in [0.2, 0.25) is 10.0 Å². The molecule has 0 radical (unpaired) electrons. The lowest BCUT2D eigenvalue weighted by Gasteiger charge is -2.12. The molecule has 0 aromatic heterocycles. The molecule has 5 heteroatoms. The van der Waals surface area contributed by atoms with Crippen LogP contribution in [0.25, 0.3) is 0 Å². The number of nitrogens with zero attached hydrogens (tertiary/aromatic N) is 1.